The summed E-state index contributed by atoms with van der Waals surface area (Å²) in [7, 11) is 0. The van der Waals surface area contributed by atoms with E-state index in [1.165, 1.54) is 13.0 Å². The highest BCUT2D eigenvalue weighted by Crippen LogP contribution is 2.22. The van der Waals surface area contributed by atoms with E-state index in [1.807, 2.05) is 20.8 Å². The zero-order chi connectivity index (χ0) is 15.0. The molecular weight excluding hydrogens is 257 g/mol. The van der Waals surface area contributed by atoms with Crippen LogP contribution in [0, 0.1) is 0 Å². The van der Waals surface area contributed by atoms with Crippen molar-refractivity contribution < 1.29 is 8.91 Å². The first kappa shape index (κ1) is 16.6. The second-order valence-electron chi connectivity index (χ2n) is 4.52. The van der Waals surface area contributed by atoms with E-state index in [-0.39, 0.29) is 6.04 Å². The van der Waals surface area contributed by atoms with E-state index in [9.17, 15) is 4.39 Å². The summed E-state index contributed by atoms with van der Waals surface area (Å²) in [6.45, 7) is 8.36. The molecule has 1 aliphatic rings. The first-order valence-corrected chi connectivity index (χ1v) is 7.23. The van der Waals surface area contributed by atoms with E-state index in [2.05, 4.69) is 15.5 Å². The van der Waals surface area contributed by atoms with Crippen molar-refractivity contribution in [3.63, 3.8) is 0 Å². The summed E-state index contributed by atoms with van der Waals surface area (Å²) in [4.78, 5) is 4.35. The van der Waals surface area contributed by atoms with Gasteiger partial charge in [-0.2, -0.15) is 4.98 Å². The number of halogens is 1. The lowest BCUT2D eigenvalue weighted by molar-refractivity contribution is 0.343. The molecule has 0 spiro atoms. The zero-order valence-corrected chi connectivity index (χ0v) is 12.7. The summed E-state index contributed by atoms with van der Waals surface area (Å²) < 4.78 is 17.8. The minimum absolute atomic E-state index is 0.181. The average Bonchev–Trinajstić information content (AvgIpc) is 3.11. The van der Waals surface area contributed by atoms with Crippen LogP contribution in [-0.2, 0) is 0 Å². The Bertz CT molecular complexity index is 446. The summed E-state index contributed by atoms with van der Waals surface area (Å²) in [5.74, 6) is 1.20. The fraction of sp³-hybridized carbons (Fsp3) is 0.600. The number of aromatic nitrogens is 2. The summed E-state index contributed by atoms with van der Waals surface area (Å²) in [5, 5.41) is 7.24. The molecular formula is C15H24FN3O. The van der Waals surface area contributed by atoms with Gasteiger partial charge in [0, 0.05) is 0 Å². The van der Waals surface area contributed by atoms with Crippen molar-refractivity contribution in [2.24, 2.45) is 0 Å². The molecule has 0 aromatic carbocycles. The molecule has 4 nitrogen and oxygen atoms in total. The van der Waals surface area contributed by atoms with E-state index in [0.717, 1.165) is 25.0 Å². The largest absolute Gasteiger partial charge is 0.337 e. The van der Waals surface area contributed by atoms with Gasteiger partial charge in [0.15, 0.2) is 5.82 Å². The molecule has 2 atom stereocenters. The van der Waals surface area contributed by atoms with Crippen LogP contribution in [0.3, 0.4) is 0 Å². The Hall–Kier alpha value is -1.49. The molecule has 1 aromatic heterocycles. The van der Waals surface area contributed by atoms with Gasteiger partial charge in [-0.15, -0.1) is 0 Å². The Morgan fingerprint density at radius 1 is 1.50 bits per heavy atom. The predicted molar refractivity (Wildman–Crippen MR) is 79.0 cm³/mol. The van der Waals surface area contributed by atoms with E-state index < -0.39 is 6.17 Å². The molecule has 112 valence electrons. The van der Waals surface area contributed by atoms with Gasteiger partial charge in [0.25, 0.3) is 0 Å². The maximum Gasteiger partial charge on any atom is 0.244 e. The zero-order valence-electron chi connectivity index (χ0n) is 12.7. The Kier molecular flexibility index (Phi) is 7.15. The lowest BCUT2D eigenvalue weighted by Gasteiger charge is -2.01. The third kappa shape index (κ3) is 4.89. The van der Waals surface area contributed by atoms with Crippen LogP contribution in [0.15, 0.2) is 22.8 Å². The van der Waals surface area contributed by atoms with Crippen LogP contribution in [0.1, 0.15) is 58.3 Å². The summed E-state index contributed by atoms with van der Waals surface area (Å²) >= 11 is 0. The third-order valence-electron chi connectivity index (χ3n) is 2.88. The highest BCUT2D eigenvalue weighted by molar-refractivity contribution is 5.58. The monoisotopic (exact) mass is 281 g/mol. The molecule has 1 saturated heterocycles. The van der Waals surface area contributed by atoms with Crippen molar-refractivity contribution in [1.29, 1.82) is 0 Å². The summed E-state index contributed by atoms with van der Waals surface area (Å²) in [6, 6.07) is 0.181. The first-order chi connectivity index (χ1) is 9.66. The molecule has 1 unspecified atom stereocenters. The first-order valence-electron chi connectivity index (χ1n) is 7.23. The fourth-order valence-corrected chi connectivity index (χ4v) is 1.86. The molecule has 0 radical (unpaired) electrons. The molecule has 1 aliphatic heterocycles. The second kappa shape index (κ2) is 8.64. The quantitative estimate of drug-likeness (QED) is 0.852. The van der Waals surface area contributed by atoms with Gasteiger partial charge >= 0.3 is 0 Å². The van der Waals surface area contributed by atoms with Crippen molar-refractivity contribution in [2.75, 3.05) is 6.54 Å². The summed E-state index contributed by atoms with van der Waals surface area (Å²) in [6.07, 6.45) is 6.15. The molecule has 20 heavy (non-hydrogen) atoms. The van der Waals surface area contributed by atoms with Crippen LogP contribution in [-0.4, -0.2) is 22.9 Å². The molecule has 2 heterocycles. The van der Waals surface area contributed by atoms with Crippen molar-refractivity contribution in [3.05, 3.63) is 29.9 Å². The topological polar surface area (TPSA) is 51.0 Å². The number of nitrogens with one attached hydrogen (secondary N) is 1. The van der Waals surface area contributed by atoms with Crippen molar-refractivity contribution in [2.45, 2.75) is 52.8 Å². The third-order valence-corrected chi connectivity index (χ3v) is 2.88. The van der Waals surface area contributed by atoms with Gasteiger partial charge in [-0.1, -0.05) is 37.2 Å². The number of hydrogen-bond donors (Lipinski definition) is 1. The molecule has 0 aliphatic carbocycles. The standard InChI is InChI=1S/C13H18FN3O.C2H6/c1-9(5-3-6-10(2)14)12-16-13(18-17-12)11-7-4-8-15-11;1-2/h3,5-6,10-11,15H,4,7-8H2,1-2H3;1-2H3/b6-3-,9-5+;/t10?,11-;/m0./s1. The van der Waals surface area contributed by atoms with Crippen molar-refractivity contribution in [3.8, 4) is 0 Å². The number of rotatable bonds is 4. The number of alkyl halides is 1. The highest BCUT2D eigenvalue weighted by Gasteiger charge is 2.22. The second-order valence-corrected chi connectivity index (χ2v) is 4.52. The Morgan fingerprint density at radius 3 is 2.85 bits per heavy atom. The van der Waals surface area contributed by atoms with Gasteiger partial charge in [-0.05, 0) is 38.8 Å². The maximum atomic E-state index is 12.6. The summed E-state index contributed by atoms with van der Waals surface area (Å²) in [5.41, 5.74) is 0.861. The van der Waals surface area contributed by atoms with E-state index in [1.54, 1.807) is 12.2 Å². The van der Waals surface area contributed by atoms with Gasteiger partial charge in [0.1, 0.15) is 6.17 Å². The molecule has 1 fully saturated rings. The van der Waals surface area contributed by atoms with Crippen LogP contribution < -0.4 is 5.32 Å². The molecule has 2 rings (SSSR count). The van der Waals surface area contributed by atoms with Crippen LogP contribution >= 0.6 is 0 Å². The molecule has 5 heteroatoms. The van der Waals surface area contributed by atoms with Crippen LogP contribution in [0.5, 0.6) is 0 Å². The number of nitrogens with zero attached hydrogens (tertiary/aromatic N) is 2. The average molecular weight is 281 g/mol. The van der Waals surface area contributed by atoms with E-state index in [0.29, 0.717) is 11.7 Å². The minimum atomic E-state index is -0.947. The lowest BCUT2D eigenvalue weighted by Crippen LogP contribution is -2.13. The van der Waals surface area contributed by atoms with Gasteiger partial charge in [0.05, 0.1) is 6.04 Å². The predicted octanol–water partition coefficient (Wildman–Crippen LogP) is 3.84. The highest BCUT2D eigenvalue weighted by atomic mass is 19.1. The van der Waals surface area contributed by atoms with Gasteiger partial charge < -0.3 is 9.84 Å². The molecule has 1 N–H and O–H groups in total. The Balaban J connectivity index is 0.000000956. The fourth-order valence-electron chi connectivity index (χ4n) is 1.86. The van der Waals surface area contributed by atoms with Crippen LogP contribution in [0.2, 0.25) is 0 Å². The van der Waals surface area contributed by atoms with Crippen molar-refractivity contribution >= 4 is 5.57 Å². The van der Waals surface area contributed by atoms with Crippen LogP contribution in [0.25, 0.3) is 5.57 Å². The number of allylic oxidation sites excluding steroid dienone is 4. The van der Waals surface area contributed by atoms with Crippen molar-refractivity contribution in [1.82, 2.24) is 15.5 Å². The van der Waals surface area contributed by atoms with Crippen LogP contribution in [0.4, 0.5) is 4.39 Å². The van der Waals surface area contributed by atoms with E-state index in [4.69, 9.17) is 4.52 Å². The number of hydrogen-bond acceptors (Lipinski definition) is 4. The molecule has 0 saturated carbocycles. The van der Waals surface area contributed by atoms with E-state index >= 15 is 0 Å². The van der Waals surface area contributed by atoms with Gasteiger partial charge in [-0.3, -0.25) is 0 Å². The molecule has 0 amide bonds. The lowest BCUT2D eigenvalue weighted by atomic mass is 10.2. The Labute approximate surface area is 120 Å². The van der Waals surface area contributed by atoms with Gasteiger partial charge in [0.2, 0.25) is 5.89 Å². The molecule has 1 aromatic rings. The van der Waals surface area contributed by atoms with Gasteiger partial charge in [-0.25, -0.2) is 4.39 Å². The normalized spacial score (nSPS) is 20.9. The smallest absolute Gasteiger partial charge is 0.244 e. The molecule has 0 bridgehead atoms. The maximum absolute atomic E-state index is 12.6. The minimum Gasteiger partial charge on any atom is -0.337 e. The Morgan fingerprint density at radius 2 is 2.25 bits per heavy atom. The SMILES string of the molecule is C/C(=C\C=C/C(C)F)c1noc([C@@H]2CCCN2)n1.CC.